The van der Waals surface area contributed by atoms with Gasteiger partial charge in [0.05, 0.1) is 5.92 Å². The summed E-state index contributed by atoms with van der Waals surface area (Å²) in [5, 5.41) is 8.90. The zero-order chi connectivity index (χ0) is 18.3. The predicted octanol–water partition coefficient (Wildman–Crippen LogP) is 4.38. The minimum atomic E-state index is -0.944. The predicted molar refractivity (Wildman–Crippen MR) is 98.0 cm³/mol. The van der Waals surface area contributed by atoms with Crippen molar-refractivity contribution in [1.29, 1.82) is 0 Å². The molecule has 4 nitrogen and oxygen atoms in total. The van der Waals surface area contributed by atoms with E-state index >= 15 is 0 Å². The maximum absolute atomic E-state index is 12.6. The first-order chi connectivity index (χ1) is 11.1. The lowest BCUT2D eigenvalue weighted by Gasteiger charge is -2.27. The molecular weight excluding hydrogens is 324 g/mol. The quantitative estimate of drug-likeness (QED) is 0.704. The van der Waals surface area contributed by atoms with Gasteiger partial charge in [-0.2, -0.15) is 0 Å². The third-order valence-electron chi connectivity index (χ3n) is 3.32. The summed E-state index contributed by atoms with van der Waals surface area (Å²) in [5.41, 5.74) is 0.425. The van der Waals surface area contributed by atoms with Gasteiger partial charge in [-0.15, -0.1) is 11.8 Å². The topological polar surface area (TPSA) is 63.6 Å². The fourth-order valence-electron chi connectivity index (χ4n) is 2.33. The first kappa shape index (κ1) is 20.6. The van der Waals surface area contributed by atoms with Crippen molar-refractivity contribution in [2.24, 2.45) is 11.8 Å². The molecule has 0 radical (unpaired) electrons. The molecule has 5 heteroatoms. The molecule has 0 spiro atoms. The third kappa shape index (κ3) is 7.39. The van der Waals surface area contributed by atoms with Crippen molar-refractivity contribution in [3.8, 4) is 0 Å². The molecule has 0 saturated heterocycles. The Morgan fingerprint density at radius 1 is 1.17 bits per heavy atom. The lowest BCUT2D eigenvalue weighted by molar-refractivity contribution is -0.159. The molecule has 0 unspecified atom stereocenters. The van der Waals surface area contributed by atoms with Crippen LogP contribution in [0.2, 0.25) is 0 Å². The van der Waals surface area contributed by atoms with Crippen molar-refractivity contribution in [3.63, 3.8) is 0 Å². The van der Waals surface area contributed by atoms with Crippen molar-refractivity contribution < 1.29 is 19.4 Å². The highest BCUT2D eigenvalue weighted by Crippen LogP contribution is 2.31. The number of esters is 1. The second kappa shape index (κ2) is 9.11. The number of hydrogen-bond acceptors (Lipinski definition) is 4. The smallest absolute Gasteiger partial charge is 0.320 e. The van der Waals surface area contributed by atoms with Crippen LogP contribution in [0.3, 0.4) is 0 Å². The zero-order valence-electron chi connectivity index (χ0n) is 15.1. The van der Waals surface area contributed by atoms with Crippen molar-refractivity contribution in [1.82, 2.24) is 0 Å². The lowest BCUT2D eigenvalue weighted by atomic mass is 9.94. The van der Waals surface area contributed by atoms with E-state index in [1.807, 2.05) is 44.2 Å². The fraction of sp³-hybridized carbons (Fsp3) is 0.579. The highest BCUT2D eigenvalue weighted by Gasteiger charge is 2.37. The molecule has 1 rings (SSSR count). The molecule has 24 heavy (non-hydrogen) atoms. The molecule has 0 aromatic heterocycles. The maximum atomic E-state index is 12.6. The van der Waals surface area contributed by atoms with Crippen LogP contribution < -0.4 is 0 Å². The first-order valence-corrected chi connectivity index (χ1v) is 9.26. The number of benzene rings is 1. The van der Waals surface area contributed by atoms with E-state index in [1.165, 1.54) is 11.8 Å². The Balaban J connectivity index is 2.95. The van der Waals surface area contributed by atoms with Crippen molar-refractivity contribution in [3.05, 3.63) is 35.9 Å². The van der Waals surface area contributed by atoms with Crippen LogP contribution in [0.4, 0.5) is 0 Å². The summed E-state index contributed by atoms with van der Waals surface area (Å²) >= 11 is 1.35. The van der Waals surface area contributed by atoms with Gasteiger partial charge in [-0.3, -0.25) is 9.59 Å². The van der Waals surface area contributed by atoms with Crippen LogP contribution in [-0.4, -0.2) is 27.9 Å². The number of carbonyl (C=O) groups excluding carboxylic acids is 1. The van der Waals surface area contributed by atoms with Crippen LogP contribution in [0.1, 0.15) is 46.6 Å². The van der Waals surface area contributed by atoms with E-state index in [0.29, 0.717) is 12.2 Å². The average molecular weight is 352 g/mol. The van der Waals surface area contributed by atoms with Crippen molar-refractivity contribution in [2.75, 3.05) is 0 Å². The largest absolute Gasteiger partial charge is 0.481 e. The highest BCUT2D eigenvalue weighted by molar-refractivity contribution is 7.99. The molecule has 1 aromatic rings. The van der Waals surface area contributed by atoms with E-state index in [0.717, 1.165) is 5.56 Å². The van der Waals surface area contributed by atoms with Crippen LogP contribution in [0.15, 0.2) is 30.3 Å². The number of ether oxygens (including phenoxy) is 1. The molecule has 0 amide bonds. The Morgan fingerprint density at radius 2 is 1.75 bits per heavy atom. The molecule has 0 bridgehead atoms. The molecule has 0 aliphatic rings. The monoisotopic (exact) mass is 352 g/mol. The van der Waals surface area contributed by atoms with E-state index in [4.69, 9.17) is 4.74 Å². The summed E-state index contributed by atoms with van der Waals surface area (Å²) in [7, 11) is 0. The Bertz CT molecular complexity index is 534. The average Bonchev–Trinajstić information content (AvgIpc) is 2.45. The summed E-state index contributed by atoms with van der Waals surface area (Å²) in [6, 6.07) is 9.73. The van der Waals surface area contributed by atoms with Gasteiger partial charge in [-0.05, 0) is 38.7 Å². The number of rotatable bonds is 8. The molecule has 0 fully saturated rings. The molecule has 134 valence electrons. The number of carboxylic acids is 1. The van der Waals surface area contributed by atoms with Crippen LogP contribution >= 0.6 is 11.8 Å². The van der Waals surface area contributed by atoms with Gasteiger partial charge in [-0.1, -0.05) is 44.2 Å². The number of aliphatic carboxylic acids is 1. The SMILES string of the molecule is CC(C)C[C@@H](C(=O)O)[C@H](SCc1ccccc1)C(=O)OC(C)(C)C. The van der Waals surface area contributed by atoms with Gasteiger partial charge in [0, 0.05) is 5.75 Å². The first-order valence-electron chi connectivity index (χ1n) is 8.21. The van der Waals surface area contributed by atoms with Gasteiger partial charge in [0.25, 0.3) is 0 Å². The molecule has 0 aliphatic heterocycles. The molecule has 0 saturated carbocycles. The van der Waals surface area contributed by atoms with E-state index in [9.17, 15) is 14.7 Å². The zero-order valence-corrected chi connectivity index (χ0v) is 15.9. The van der Waals surface area contributed by atoms with Crippen molar-refractivity contribution >= 4 is 23.7 Å². The number of hydrogen-bond donors (Lipinski definition) is 1. The molecular formula is C19H28O4S. The third-order valence-corrected chi connectivity index (χ3v) is 4.70. The summed E-state index contributed by atoms with van der Waals surface area (Å²) < 4.78 is 5.48. The van der Waals surface area contributed by atoms with E-state index in [1.54, 1.807) is 20.8 Å². The minimum absolute atomic E-state index is 0.188. The number of carboxylic acid groups (broad SMARTS) is 1. The molecule has 1 aromatic carbocycles. The Kier molecular flexibility index (Phi) is 7.80. The van der Waals surface area contributed by atoms with Gasteiger partial charge in [0.1, 0.15) is 10.9 Å². The number of thioether (sulfide) groups is 1. The van der Waals surface area contributed by atoms with Gasteiger partial charge in [-0.25, -0.2) is 0 Å². The maximum Gasteiger partial charge on any atom is 0.320 e. The van der Waals surface area contributed by atoms with Gasteiger partial charge in [0.2, 0.25) is 0 Å². The number of carbonyl (C=O) groups is 2. The Hall–Kier alpha value is -1.49. The van der Waals surface area contributed by atoms with Crippen LogP contribution in [0.25, 0.3) is 0 Å². The molecule has 0 heterocycles. The van der Waals surface area contributed by atoms with E-state index in [-0.39, 0.29) is 5.92 Å². The summed E-state index contributed by atoms with van der Waals surface area (Å²) in [5.74, 6) is -1.38. The van der Waals surface area contributed by atoms with Gasteiger partial charge >= 0.3 is 11.9 Å². The summed E-state index contributed by atoms with van der Waals surface area (Å²) in [6.07, 6.45) is 0.445. The molecule has 0 aliphatic carbocycles. The molecule has 2 atom stereocenters. The van der Waals surface area contributed by atoms with E-state index in [2.05, 4.69) is 0 Å². The van der Waals surface area contributed by atoms with Crippen LogP contribution in [0.5, 0.6) is 0 Å². The van der Waals surface area contributed by atoms with Gasteiger partial charge in [0.15, 0.2) is 0 Å². The van der Waals surface area contributed by atoms with Crippen LogP contribution in [0, 0.1) is 11.8 Å². The standard InChI is InChI=1S/C19H28O4S/c1-13(2)11-15(17(20)21)16(18(22)23-19(3,4)5)24-12-14-9-7-6-8-10-14/h6-10,13,15-16H,11-12H2,1-5H3,(H,20,21)/t15-,16+/m1/s1. The lowest BCUT2D eigenvalue weighted by Crippen LogP contribution is -2.38. The second-order valence-corrected chi connectivity index (χ2v) is 8.45. The van der Waals surface area contributed by atoms with Crippen molar-refractivity contribution in [2.45, 2.75) is 57.6 Å². The second-order valence-electron chi connectivity index (χ2n) is 7.32. The summed E-state index contributed by atoms with van der Waals surface area (Å²) in [4.78, 5) is 24.3. The normalized spacial score (nSPS) is 14.2. The fourth-order valence-corrected chi connectivity index (χ4v) is 3.54. The van der Waals surface area contributed by atoms with Gasteiger partial charge < -0.3 is 9.84 Å². The minimum Gasteiger partial charge on any atom is -0.481 e. The molecule has 1 N–H and O–H groups in total. The Morgan fingerprint density at radius 3 is 2.21 bits per heavy atom. The summed E-state index contributed by atoms with van der Waals surface area (Å²) in [6.45, 7) is 9.31. The highest BCUT2D eigenvalue weighted by atomic mass is 32.2. The van der Waals surface area contributed by atoms with E-state index < -0.39 is 28.7 Å². The Labute approximate surface area is 149 Å². The van der Waals surface area contributed by atoms with Crippen LogP contribution in [-0.2, 0) is 20.1 Å².